The number of nitrogens with one attached hydrogen (secondary N) is 1. The van der Waals surface area contributed by atoms with E-state index in [2.05, 4.69) is 19.2 Å². The topological polar surface area (TPSA) is 73.9 Å². The van der Waals surface area contributed by atoms with E-state index < -0.39 is 23.7 Å². The van der Waals surface area contributed by atoms with Gasteiger partial charge in [0.15, 0.2) is 0 Å². The van der Waals surface area contributed by atoms with Crippen molar-refractivity contribution in [2.75, 3.05) is 13.7 Å². The summed E-state index contributed by atoms with van der Waals surface area (Å²) < 4.78 is 15.9. The van der Waals surface area contributed by atoms with E-state index in [1.807, 2.05) is 30.3 Å². The van der Waals surface area contributed by atoms with Crippen molar-refractivity contribution in [3.8, 4) is 0 Å². The lowest BCUT2D eigenvalue weighted by molar-refractivity contribution is -0.143. The van der Waals surface area contributed by atoms with Crippen LogP contribution < -0.4 is 5.32 Å². The summed E-state index contributed by atoms with van der Waals surface area (Å²) in [5.41, 5.74) is 0.456. The molecular formula is C21H33NO5. The van der Waals surface area contributed by atoms with Gasteiger partial charge in [0.1, 0.15) is 11.6 Å². The second-order valence-electron chi connectivity index (χ2n) is 7.96. The maximum Gasteiger partial charge on any atom is 0.408 e. The highest BCUT2D eigenvalue weighted by Crippen LogP contribution is 2.20. The van der Waals surface area contributed by atoms with Crippen LogP contribution in [0.3, 0.4) is 0 Å². The Bertz CT molecular complexity index is 580. The second kappa shape index (κ2) is 10.9. The minimum Gasteiger partial charge on any atom is -0.467 e. The highest BCUT2D eigenvalue weighted by atomic mass is 16.6. The van der Waals surface area contributed by atoms with Crippen molar-refractivity contribution < 1.29 is 23.8 Å². The number of amides is 1. The standard InChI is InChI=1S/C21H33NO5/c1-15(2)17(14-26-13-16-10-8-7-9-11-16)12-18(19(23)25-6)22-20(24)27-21(3,4)5/h7-11,15,17-18H,12-14H2,1-6H3,(H,22,24)/t17-,18+/m1/s1. The van der Waals surface area contributed by atoms with Gasteiger partial charge in [-0.2, -0.15) is 0 Å². The molecule has 0 aromatic heterocycles. The first-order valence-corrected chi connectivity index (χ1v) is 9.31. The monoisotopic (exact) mass is 379 g/mol. The summed E-state index contributed by atoms with van der Waals surface area (Å²) in [7, 11) is 1.31. The molecule has 2 atom stereocenters. The third-order valence-corrected chi connectivity index (χ3v) is 4.10. The van der Waals surface area contributed by atoms with Gasteiger partial charge in [-0.05, 0) is 44.6 Å². The van der Waals surface area contributed by atoms with Crippen LogP contribution in [0.15, 0.2) is 30.3 Å². The fraction of sp³-hybridized carbons (Fsp3) is 0.619. The zero-order valence-electron chi connectivity index (χ0n) is 17.3. The van der Waals surface area contributed by atoms with E-state index in [4.69, 9.17) is 14.2 Å². The lowest BCUT2D eigenvalue weighted by Gasteiger charge is -2.27. The van der Waals surface area contributed by atoms with Crippen molar-refractivity contribution in [3.63, 3.8) is 0 Å². The fourth-order valence-corrected chi connectivity index (χ4v) is 2.54. The first kappa shape index (κ1) is 23.0. The predicted octanol–water partition coefficient (Wildman–Crippen LogP) is 3.93. The van der Waals surface area contributed by atoms with Crippen molar-refractivity contribution in [2.45, 2.75) is 59.3 Å². The summed E-state index contributed by atoms with van der Waals surface area (Å²) in [5, 5.41) is 2.63. The smallest absolute Gasteiger partial charge is 0.408 e. The van der Waals surface area contributed by atoms with E-state index in [1.165, 1.54) is 7.11 Å². The summed E-state index contributed by atoms with van der Waals surface area (Å²) in [4.78, 5) is 24.2. The molecule has 0 aliphatic carbocycles. The summed E-state index contributed by atoms with van der Waals surface area (Å²) in [5.74, 6) is -0.143. The molecule has 0 spiro atoms. The third-order valence-electron chi connectivity index (χ3n) is 4.10. The van der Waals surface area contributed by atoms with Crippen molar-refractivity contribution in [3.05, 3.63) is 35.9 Å². The van der Waals surface area contributed by atoms with Crippen molar-refractivity contribution in [1.82, 2.24) is 5.32 Å². The number of carbonyl (C=O) groups excluding carboxylic acids is 2. The van der Waals surface area contributed by atoms with Crippen LogP contribution >= 0.6 is 0 Å². The Kier molecular flexibility index (Phi) is 9.29. The predicted molar refractivity (Wildman–Crippen MR) is 104 cm³/mol. The van der Waals surface area contributed by atoms with Crippen LogP contribution in [-0.4, -0.2) is 37.4 Å². The fourth-order valence-electron chi connectivity index (χ4n) is 2.54. The molecule has 0 saturated heterocycles. The van der Waals surface area contributed by atoms with Crippen LogP contribution in [-0.2, 0) is 25.6 Å². The number of hydrogen-bond acceptors (Lipinski definition) is 5. The molecule has 0 fully saturated rings. The molecule has 0 aliphatic heterocycles. The van der Waals surface area contributed by atoms with Crippen molar-refractivity contribution in [2.24, 2.45) is 11.8 Å². The quantitative estimate of drug-likeness (QED) is 0.658. The number of rotatable bonds is 9. The van der Waals surface area contributed by atoms with E-state index in [0.717, 1.165) is 5.56 Å². The largest absolute Gasteiger partial charge is 0.467 e. The normalized spacial score (nSPS) is 13.7. The first-order chi connectivity index (χ1) is 12.6. The number of ether oxygens (including phenoxy) is 3. The molecule has 1 aromatic rings. The zero-order chi connectivity index (χ0) is 20.4. The van der Waals surface area contributed by atoms with Gasteiger partial charge < -0.3 is 19.5 Å². The number of benzene rings is 1. The molecule has 0 heterocycles. The lowest BCUT2D eigenvalue weighted by Crippen LogP contribution is -2.45. The molecule has 0 radical (unpaired) electrons. The summed E-state index contributed by atoms with van der Waals surface area (Å²) in [6.45, 7) is 10.4. The molecule has 0 bridgehead atoms. The highest BCUT2D eigenvalue weighted by Gasteiger charge is 2.29. The molecule has 6 nitrogen and oxygen atoms in total. The van der Waals surface area contributed by atoms with E-state index in [-0.39, 0.29) is 11.8 Å². The van der Waals surface area contributed by atoms with Gasteiger partial charge in [0.25, 0.3) is 0 Å². The van der Waals surface area contributed by atoms with Crippen LogP contribution in [0.1, 0.15) is 46.6 Å². The minimum absolute atomic E-state index is 0.0766. The lowest BCUT2D eigenvalue weighted by atomic mass is 9.90. The van der Waals surface area contributed by atoms with Gasteiger partial charge in [0.05, 0.1) is 20.3 Å². The Labute approximate surface area is 162 Å². The van der Waals surface area contributed by atoms with Crippen LogP contribution in [0.4, 0.5) is 4.79 Å². The number of esters is 1. The summed E-state index contributed by atoms with van der Waals surface area (Å²) >= 11 is 0. The van der Waals surface area contributed by atoms with Crippen molar-refractivity contribution >= 4 is 12.1 Å². The van der Waals surface area contributed by atoms with Gasteiger partial charge >= 0.3 is 12.1 Å². The Morgan fingerprint density at radius 2 is 1.74 bits per heavy atom. The molecule has 0 saturated carbocycles. The average molecular weight is 379 g/mol. The molecule has 152 valence electrons. The number of alkyl carbamates (subject to hydrolysis) is 1. The van der Waals surface area contributed by atoms with Gasteiger partial charge in [0, 0.05) is 0 Å². The van der Waals surface area contributed by atoms with E-state index >= 15 is 0 Å². The molecular weight excluding hydrogens is 346 g/mol. The molecule has 1 amide bonds. The maximum absolute atomic E-state index is 12.1. The van der Waals surface area contributed by atoms with Gasteiger partial charge in [-0.25, -0.2) is 9.59 Å². The summed E-state index contributed by atoms with van der Waals surface area (Å²) in [6, 6.07) is 9.13. The van der Waals surface area contributed by atoms with E-state index in [9.17, 15) is 9.59 Å². The minimum atomic E-state index is -0.780. The van der Waals surface area contributed by atoms with Crippen LogP contribution in [0, 0.1) is 11.8 Å². The Balaban J connectivity index is 2.67. The number of carbonyl (C=O) groups is 2. The van der Waals surface area contributed by atoms with Gasteiger partial charge in [-0.1, -0.05) is 44.2 Å². The molecule has 1 rings (SSSR count). The Hall–Kier alpha value is -2.08. The van der Waals surface area contributed by atoms with Crippen LogP contribution in [0.2, 0.25) is 0 Å². The number of methoxy groups -OCH3 is 1. The third kappa shape index (κ3) is 9.43. The maximum atomic E-state index is 12.1. The Morgan fingerprint density at radius 1 is 1.11 bits per heavy atom. The second-order valence-corrected chi connectivity index (χ2v) is 7.96. The molecule has 0 unspecified atom stereocenters. The molecule has 1 aromatic carbocycles. The highest BCUT2D eigenvalue weighted by molar-refractivity contribution is 5.81. The van der Waals surface area contributed by atoms with Crippen molar-refractivity contribution in [1.29, 1.82) is 0 Å². The van der Waals surface area contributed by atoms with Crippen LogP contribution in [0.25, 0.3) is 0 Å². The van der Waals surface area contributed by atoms with E-state index in [0.29, 0.717) is 19.6 Å². The molecule has 27 heavy (non-hydrogen) atoms. The van der Waals surface area contributed by atoms with E-state index in [1.54, 1.807) is 20.8 Å². The average Bonchev–Trinajstić information content (AvgIpc) is 2.58. The Morgan fingerprint density at radius 3 is 2.26 bits per heavy atom. The number of hydrogen-bond donors (Lipinski definition) is 1. The van der Waals surface area contributed by atoms with Gasteiger partial charge in [0.2, 0.25) is 0 Å². The summed E-state index contributed by atoms with van der Waals surface area (Å²) in [6.07, 6.45) is -0.219. The molecule has 6 heteroatoms. The van der Waals surface area contributed by atoms with Crippen LogP contribution in [0.5, 0.6) is 0 Å². The SMILES string of the molecule is COC(=O)[C@H](C[C@H](COCc1ccccc1)C(C)C)NC(=O)OC(C)(C)C. The van der Waals surface area contributed by atoms with Gasteiger partial charge in [-0.3, -0.25) is 0 Å². The molecule has 1 N–H and O–H groups in total. The zero-order valence-corrected chi connectivity index (χ0v) is 17.3. The van der Waals surface area contributed by atoms with Gasteiger partial charge in [-0.15, -0.1) is 0 Å². The molecule has 0 aliphatic rings. The first-order valence-electron chi connectivity index (χ1n) is 9.31.